The molecule has 0 unspecified atom stereocenters. The monoisotopic (exact) mass is 372 g/mol. The van der Waals surface area contributed by atoms with Crippen LogP contribution in [-0.4, -0.2) is 4.57 Å². The van der Waals surface area contributed by atoms with E-state index in [0.717, 1.165) is 0 Å². The fourth-order valence-corrected chi connectivity index (χ4v) is 2.76. The largest absolute Gasteiger partial charge is 1.00 e. The third-order valence-corrected chi connectivity index (χ3v) is 3.88. The molecule has 0 aliphatic heterocycles. The fraction of sp³-hybridized carbons (Fsp3) is 0.562. The molecule has 0 atom stereocenters. The van der Waals surface area contributed by atoms with Gasteiger partial charge in [0, 0.05) is 6.42 Å². The Hall–Kier alpha value is -0.580. The van der Waals surface area contributed by atoms with Crippen molar-refractivity contribution in [1.29, 1.82) is 0 Å². The number of para-hydroxylation sites is 2. The van der Waals surface area contributed by atoms with Crippen LogP contribution in [0.4, 0.5) is 0 Å². The fourth-order valence-electron chi connectivity index (χ4n) is 2.76. The van der Waals surface area contributed by atoms with Crippen molar-refractivity contribution < 1.29 is 28.5 Å². The first kappa shape index (κ1) is 16.5. The molecule has 2 rings (SSSR count). The normalized spacial score (nSPS) is 10.7. The molecule has 2 aromatic rings. The van der Waals surface area contributed by atoms with Gasteiger partial charge in [-0.3, -0.25) is 0 Å². The predicted molar refractivity (Wildman–Crippen MR) is 76.6 cm³/mol. The van der Waals surface area contributed by atoms with Crippen LogP contribution in [0.3, 0.4) is 0 Å². The first-order chi connectivity index (χ1) is 8.75. The van der Waals surface area contributed by atoms with E-state index in [-0.39, 0.29) is 24.0 Å². The molecule has 0 spiro atoms. The van der Waals surface area contributed by atoms with Gasteiger partial charge in [0.05, 0.1) is 14.1 Å². The maximum Gasteiger partial charge on any atom is 0.256 e. The summed E-state index contributed by atoms with van der Waals surface area (Å²) >= 11 is 0. The lowest BCUT2D eigenvalue weighted by molar-refractivity contribution is -0.654. The van der Waals surface area contributed by atoms with Gasteiger partial charge in [-0.05, 0) is 18.6 Å². The smallest absolute Gasteiger partial charge is 0.256 e. The molecule has 19 heavy (non-hydrogen) atoms. The topological polar surface area (TPSA) is 8.81 Å². The maximum atomic E-state index is 2.34. The minimum absolute atomic E-state index is 0. The van der Waals surface area contributed by atoms with Crippen LogP contribution in [0, 0.1) is 0 Å². The summed E-state index contributed by atoms with van der Waals surface area (Å²) in [5, 5.41) is 0. The molecule has 0 saturated carbocycles. The summed E-state index contributed by atoms with van der Waals surface area (Å²) in [6, 6.07) is 8.65. The minimum atomic E-state index is 0. The van der Waals surface area contributed by atoms with Crippen LogP contribution >= 0.6 is 0 Å². The standard InChI is InChI=1S/C16H25N2.HI/c1-4-5-6-7-8-13-16-17(2)14-11-9-10-12-15(14)18(16)3;/h9-12H,4-8,13H2,1-3H3;1H/q+1;/p-1. The molecule has 1 aromatic carbocycles. The number of unbranched alkanes of at least 4 members (excludes halogenated alkanes) is 4. The Morgan fingerprint density at radius 1 is 1.05 bits per heavy atom. The average molecular weight is 372 g/mol. The van der Waals surface area contributed by atoms with E-state index in [1.807, 2.05) is 0 Å². The number of rotatable bonds is 6. The predicted octanol–water partition coefficient (Wildman–Crippen LogP) is 0.520. The molecule has 0 aliphatic rings. The molecule has 1 heterocycles. The molecule has 106 valence electrons. The first-order valence-electron chi connectivity index (χ1n) is 7.18. The Bertz CT molecular complexity index is 478. The van der Waals surface area contributed by atoms with E-state index in [1.54, 1.807) is 0 Å². The van der Waals surface area contributed by atoms with Crippen LogP contribution in [-0.2, 0) is 20.5 Å². The van der Waals surface area contributed by atoms with Crippen LogP contribution in [0.15, 0.2) is 24.3 Å². The van der Waals surface area contributed by atoms with Crippen LogP contribution in [0.25, 0.3) is 11.0 Å². The van der Waals surface area contributed by atoms with Gasteiger partial charge in [-0.2, -0.15) is 0 Å². The molecule has 0 radical (unpaired) electrons. The van der Waals surface area contributed by atoms with Crippen LogP contribution < -0.4 is 28.5 Å². The highest BCUT2D eigenvalue weighted by Gasteiger charge is 2.18. The molecule has 0 bridgehead atoms. The van der Waals surface area contributed by atoms with Gasteiger partial charge in [0.25, 0.3) is 5.82 Å². The van der Waals surface area contributed by atoms with Crippen molar-refractivity contribution >= 4 is 11.0 Å². The van der Waals surface area contributed by atoms with E-state index in [0.29, 0.717) is 0 Å². The van der Waals surface area contributed by atoms with Crippen molar-refractivity contribution in [1.82, 2.24) is 4.57 Å². The zero-order valence-electron chi connectivity index (χ0n) is 12.3. The van der Waals surface area contributed by atoms with Crippen molar-refractivity contribution in [2.45, 2.75) is 45.4 Å². The summed E-state index contributed by atoms with van der Waals surface area (Å²) in [5.74, 6) is 1.44. The third-order valence-electron chi connectivity index (χ3n) is 3.88. The highest BCUT2D eigenvalue weighted by atomic mass is 127. The zero-order chi connectivity index (χ0) is 13.0. The molecule has 0 fully saturated rings. The number of hydrogen-bond donors (Lipinski definition) is 0. The second-order valence-electron chi connectivity index (χ2n) is 5.19. The van der Waals surface area contributed by atoms with Crippen LogP contribution in [0.1, 0.15) is 44.9 Å². The van der Waals surface area contributed by atoms with Gasteiger partial charge in [0.15, 0.2) is 11.0 Å². The van der Waals surface area contributed by atoms with Crippen LogP contribution in [0.5, 0.6) is 0 Å². The summed E-state index contributed by atoms with van der Waals surface area (Å²) in [4.78, 5) is 0. The molecule has 2 nitrogen and oxygen atoms in total. The number of imidazole rings is 1. The average Bonchev–Trinajstić information content (AvgIpc) is 2.64. The quantitative estimate of drug-likeness (QED) is 0.397. The van der Waals surface area contributed by atoms with Gasteiger partial charge in [-0.25, -0.2) is 9.13 Å². The number of aromatic nitrogens is 2. The first-order valence-corrected chi connectivity index (χ1v) is 7.18. The second kappa shape index (κ2) is 7.88. The Labute approximate surface area is 133 Å². The minimum Gasteiger partial charge on any atom is -1.00 e. The lowest BCUT2D eigenvalue weighted by Gasteiger charge is -1.99. The molecule has 0 saturated heterocycles. The zero-order valence-corrected chi connectivity index (χ0v) is 14.5. The Kier molecular flexibility index (Phi) is 6.83. The lowest BCUT2D eigenvalue weighted by atomic mass is 10.1. The van der Waals surface area contributed by atoms with Gasteiger partial charge in [0.1, 0.15) is 0 Å². The van der Waals surface area contributed by atoms with Crippen LogP contribution in [0.2, 0.25) is 0 Å². The van der Waals surface area contributed by atoms with Gasteiger partial charge < -0.3 is 24.0 Å². The Morgan fingerprint density at radius 3 is 2.42 bits per heavy atom. The Balaban J connectivity index is 0.00000180. The van der Waals surface area contributed by atoms with Crippen molar-refractivity contribution in [3.8, 4) is 0 Å². The molecule has 1 aromatic heterocycles. The van der Waals surface area contributed by atoms with E-state index < -0.39 is 0 Å². The van der Waals surface area contributed by atoms with Gasteiger partial charge in [-0.1, -0.05) is 44.7 Å². The molecular formula is C16H25IN2. The second-order valence-corrected chi connectivity index (χ2v) is 5.19. The summed E-state index contributed by atoms with van der Waals surface area (Å²) in [6.07, 6.45) is 7.92. The number of halogens is 1. The third kappa shape index (κ3) is 3.71. The number of nitrogens with zero attached hydrogens (tertiary/aromatic N) is 2. The van der Waals surface area contributed by atoms with E-state index in [4.69, 9.17) is 0 Å². The molecule has 0 amide bonds. The van der Waals surface area contributed by atoms with Crippen molar-refractivity contribution in [3.05, 3.63) is 30.1 Å². The van der Waals surface area contributed by atoms with Crippen molar-refractivity contribution in [2.24, 2.45) is 14.1 Å². The van der Waals surface area contributed by atoms with Crippen molar-refractivity contribution in [2.75, 3.05) is 0 Å². The maximum absolute atomic E-state index is 2.34. The van der Waals surface area contributed by atoms with E-state index in [9.17, 15) is 0 Å². The van der Waals surface area contributed by atoms with Crippen molar-refractivity contribution in [3.63, 3.8) is 0 Å². The van der Waals surface area contributed by atoms with E-state index >= 15 is 0 Å². The summed E-state index contributed by atoms with van der Waals surface area (Å²) in [6.45, 7) is 2.27. The highest BCUT2D eigenvalue weighted by Crippen LogP contribution is 2.14. The SMILES string of the molecule is CCCCCCCc1n(C)c2ccccc2[n+]1C.[I-]. The molecule has 0 aliphatic carbocycles. The van der Waals surface area contributed by atoms with Gasteiger partial charge in [-0.15, -0.1) is 0 Å². The lowest BCUT2D eigenvalue weighted by Crippen LogP contribution is -3.00. The molecule has 3 heteroatoms. The summed E-state index contributed by atoms with van der Waals surface area (Å²) < 4.78 is 4.68. The van der Waals surface area contributed by atoms with E-state index in [1.165, 1.54) is 55.4 Å². The van der Waals surface area contributed by atoms with Gasteiger partial charge >= 0.3 is 0 Å². The summed E-state index contributed by atoms with van der Waals surface area (Å²) in [7, 11) is 4.37. The Morgan fingerprint density at radius 2 is 1.74 bits per heavy atom. The number of benzene rings is 1. The molecular weight excluding hydrogens is 347 g/mol. The molecule has 0 N–H and O–H groups in total. The highest BCUT2D eigenvalue weighted by molar-refractivity contribution is 5.72. The number of fused-ring (bicyclic) bond motifs is 1. The number of aryl methyl sites for hydroxylation is 2. The van der Waals surface area contributed by atoms with E-state index in [2.05, 4.69) is 54.4 Å². The van der Waals surface area contributed by atoms with Gasteiger partial charge in [0.2, 0.25) is 0 Å². The number of hydrogen-bond acceptors (Lipinski definition) is 0. The summed E-state index contributed by atoms with van der Waals surface area (Å²) in [5.41, 5.74) is 2.67.